The minimum absolute atomic E-state index is 0.0427. The van der Waals surface area contributed by atoms with Crippen LogP contribution in [0.3, 0.4) is 0 Å². The number of hydrogen-bond donors (Lipinski definition) is 0. The number of amides is 1. The molecule has 1 aliphatic rings. The molecule has 0 N–H and O–H groups in total. The summed E-state index contributed by atoms with van der Waals surface area (Å²) in [7, 11) is 3.05. The Bertz CT molecular complexity index is 1350. The van der Waals surface area contributed by atoms with Crippen molar-refractivity contribution in [2.45, 2.75) is 26.7 Å². The van der Waals surface area contributed by atoms with Crippen LogP contribution in [0.2, 0.25) is 0 Å². The van der Waals surface area contributed by atoms with Gasteiger partial charge in [0.25, 0.3) is 5.56 Å². The van der Waals surface area contributed by atoms with E-state index in [1.165, 1.54) is 23.7 Å². The molecule has 1 fully saturated rings. The van der Waals surface area contributed by atoms with Crippen LogP contribution in [0.25, 0.3) is 11.0 Å². The molecule has 33 heavy (non-hydrogen) atoms. The van der Waals surface area contributed by atoms with Gasteiger partial charge >= 0.3 is 5.69 Å². The summed E-state index contributed by atoms with van der Waals surface area (Å²) in [6.07, 6.45) is 0.774. The van der Waals surface area contributed by atoms with Crippen LogP contribution in [0.4, 0.5) is 10.1 Å². The number of hydrogen-bond acceptors (Lipinski definition) is 5. The third-order valence-corrected chi connectivity index (χ3v) is 6.57. The Kier molecular flexibility index (Phi) is 6.05. The van der Waals surface area contributed by atoms with E-state index in [1.54, 1.807) is 13.1 Å². The van der Waals surface area contributed by atoms with Gasteiger partial charge in [-0.25, -0.2) is 14.2 Å². The van der Waals surface area contributed by atoms with Gasteiger partial charge in [0.15, 0.2) is 0 Å². The molecule has 0 unspecified atom stereocenters. The minimum Gasteiger partial charge on any atom is -0.368 e. The Balaban J connectivity index is 1.48. The molecule has 0 bridgehead atoms. The standard InChI is InChI=1S/C24H28FN5O3/c1-15-19(16(2)26-22-21(15)23(32)28(4)24(33)27(22)3)8-9-20(31)30-12-10-29(11-13-30)18-7-5-6-17(25)14-18/h5-7,14H,8-13H2,1-4H3. The molecule has 8 nitrogen and oxygen atoms in total. The number of carbonyl (C=O) groups is 1. The number of rotatable bonds is 4. The highest BCUT2D eigenvalue weighted by Gasteiger charge is 2.23. The monoisotopic (exact) mass is 453 g/mol. The first kappa shape index (κ1) is 22.7. The van der Waals surface area contributed by atoms with Gasteiger partial charge in [0, 0.05) is 58.1 Å². The van der Waals surface area contributed by atoms with Gasteiger partial charge in [0.2, 0.25) is 5.91 Å². The SMILES string of the molecule is Cc1nc2c(c(C)c1CCC(=O)N1CCN(c3cccc(F)c3)CC1)c(=O)n(C)c(=O)n2C. The van der Waals surface area contributed by atoms with E-state index in [4.69, 9.17) is 0 Å². The van der Waals surface area contributed by atoms with Gasteiger partial charge in [-0.15, -0.1) is 0 Å². The maximum absolute atomic E-state index is 13.5. The van der Waals surface area contributed by atoms with Gasteiger partial charge in [0.05, 0.1) is 5.39 Å². The summed E-state index contributed by atoms with van der Waals surface area (Å²) in [5.41, 5.74) is 2.74. The van der Waals surface area contributed by atoms with Crippen molar-refractivity contribution in [3.8, 4) is 0 Å². The number of aromatic nitrogens is 3. The highest BCUT2D eigenvalue weighted by Crippen LogP contribution is 2.22. The van der Waals surface area contributed by atoms with Crippen LogP contribution in [0.15, 0.2) is 33.9 Å². The molecule has 0 aliphatic carbocycles. The lowest BCUT2D eigenvalue weighted by Crippen LogP contribution is -2.48. The Labute approximate surface area is 190 Å². The van der Waals surface area contributed by atoms with E-state index in [-0.39, 0.29) is 17.3 Å². The average Bonchev–Trinajstić information content (AvgIpc) is 2.80. The quantitative estimate of drug-likeness (QED) is 0.601. The largest absolute Gasteiger partial charge is 0.368 e. The van der Waals surface area contributed by atoms with Gasteiger partial charge in [0.1, 0.15) is 11.5 Å². The van der Waals surface area contributed by atoms with Crippen molar-refractivity contribution in [2.24, 2.45) is 14.1 Å². The van der Waals surface area contributed by atoms with Crippen molar-refractivity contribution < 1.29 is 9.18 Å². The zero-order valence-electron chi connectivity index (χ0n) is 19.4. The van der Waals surface area contributed by atoms with Crippen molar-refractivity contribution in [3.05, 3.63) is 67.7 Å². The molecule has 9 heteroatoms. The second-order valence-electron chi connectivity index (χ2n) is 8.55. The molecule has 174 valence electrons. The number of carbonyl (C=O) groups excluding carboxylic acids is 1. The fourth-order valence-corrected chi connectivity index (χ4v) is 4.59. The molecule has 0 saturated carbocycles. The van der Waals surface area contributed by atoms with Crippen LogP contribution in [-0.2, 0) is 25.3 Å². The lowest BCUT2D eigenvalue weighted by Gasteiger charge is -2.36. The van der Waals surface area contributed by atoms with Crippen LogP contribution >= 0.6 is 0 Å². The minimum atomic E-state index is -0.417. The lowest BCUT2D eigenvalue weighted by molar-refractivity contribution is -0.131. The number of halogens is 1. The Hall–Kier alpha value is -3.49. The van der Waals surface area contributed by atoms with Gasteiger partial charge in [-0.3, -0.25) is 18.7 Å². The second-order valence-corrected chi connectivity index (χ2v) is 8.55. The number of anilines is 1. The summed E-state index contributed by atoms with van der Waals surface area (Å²) < 4.78 is 16.0. The molecule has 3 aromatic rings. The van der Waals surface area contributed by atoms with Crippen LogP contribution in [-0.4, -0.2) is 51.1 Å². The smallest absolute Gasteiger partial charge is 0.332 e. The Morgan fingerprint density at radius 2 is 1.76 bits per heavy atom. The number of piperazine rings is 1. The first-order chi connectivity index (χ1) is 15.7. The van der Waals surface area contributed by atoms with E-state index in [2.05, 4.69) is 9.88 Å². The molecule has 4 rings (SSSR count). The first-order valence-electron chi connectivity index (χ1n) is 11.0. The van der Waals surface area contributed by atoms with Crippen molar-refractivity contribution in [2.75, 3.05) is 31.1 Å². The fourth-order valence-electron chi connectivity index (χ4n) is 4.59. The number of pyridine rings is 1. The van der Waals surface area contributed by atoms with Crippen molar-refractivity contribution >= 4 is 22.6 Å². The predicted molar refractivity (Wildman–Crippen MR) is 125 cm³/mol. The molecule has 0 atom stereocenters. The fraction of sp³-hybridized carbons (Fsp3) is 0.417. The summed E-state index contributed by atoms with van der Waals surface area (Å²) >= 11 is 0. The summed E-state index contributed by atoms with van der Waals surface area (Å²) in [4.78, 5) is 46.3. The zero-order valence-corrected chi connectivity index (χ0v) is 19.4. The second kappa shape index (κ2) is 8.80. The Morgan fingerprint density at radius 3 is 2.42 bits per heavy atom. The highest BCUT2D eigenvalue weighted by atomic mass is 19.1. The third-order valence-electron chi connectivity index (χ3n) is 6.57. The predicted octanol–water partition coefficient (Wildman–Crippen LogP) is 1.67. The van der Waals surface area contributed by atoms with Crippen LogP contribution in [0, 0.1) is 19.7 Å². The van der Waals surface area contributed by atoms with Gasteiger partial charge in [-0.2, -0.15) is 0 Å². The highest BCUT2D eigenvalue weighted by molar-refractivity contribution is 5.81. The molecule has 3 heterocycles. The molecule has 1 aliphatic heterocycles. The molecule has 0 radical (unpaired) electrons. The third kappa shape index (κ3) is 4.15. The molecule has 1 aromatic carbocycles. The van der Waals surface area contributed by atoms with Crippen LogP contribution < -0.4 is 16.1 Å². The van der Waals surface area contributed by atoms with Crippen molar-refractivity contribution in [1.82, 2.24) is 19.0 Å². The van der Waals surface area contributed by atoms with E-state index >= 15 is 0 Å². The topological polar surface area (TPSA) is 80.4 Å². The van der Waals surface area contributed by atoms with Crippen LogP contribution in [0.5, 0.6) is 0 Å². The van der Waals surface area contributed by atoms with Gasteiger partial charge in [-0.05, 0) is 49.6 Å². The lowest BCUT2D eigenvalue weighted by atomic mass is 9.99. The van der Waals surface area contributed by atoms with E-state index < -0.39 is 5.69 Å². The maximum atomic E-state index is 13.5. The van der Waals surface area contributed by atoms with Gasteiger partial charge in [-0.1, -0.05) is 6.07 Å². The molecular weight excluding hydrogens is 425 g/mol. The van der Waals surface area contributed by atoms with E-state index in [0.717, 1.165) is 21.4 Å². The molecule has 1 amide bonds. The summed E-state index contributed by atoms with van der Waals surface area (Å²) in [6, 6.07) is 6.49. The number of benzene rings is 1. The summed E-state index contributed by atoms with van der Waals surface area (Å²) in [5, 5.41) is 0.413. The van der Waals surface area contributed by atoms with Crippen LogP contribution in [0.1, 0.15) is 23.2 Å². The van der Waals surface area contributed by atoms with E-state index in [9.17, 15) is 18.8 Å². The van der Waals surface area contributed by atoms with Crippen molar-refractivity contribution in [3.63, 3.8) is 0 Å². The van der Waals surface area contributed by atoms with E-state index in [1.807, 2.05) is 24.8 Å². The number of aryl methyl sites for hydroxylation is 3. The molecule has 1 saturated heterocycles. The first-order valence-corrected chi connectivity index (χ1v) is 11.0. The normalized spacial score (nSPS) is 14.2. The van der Waals surface area contributed by atoms with Gasteiger partial charge < -0.3 is 9.80 Å². The molecular formula is C24H28FN5O3. The number of fused-ring (bicyclic) bond motifs is 1. The maximum Gasteiger partial charge on any atom is 0.332 e. The summed E-state index contributed by atoms with van der Waals surface area (Å²) in [6.45, 7) is 6.13. The van der Waals surface area contributed by atoms with E-state index in [0.29, 0.717) is 55.7 Å². The Morgan fingerprint density at radius 1 is 1.06 bits per heavy atom. The summed E-state index contributed by atoms with van der Waals surface area (Å²) in [5.74, 6) is -0.225. The number of nitrogens with zero attached hydrogens (tertiary/aromatic N) is 5. The average molecular weight is 454 g/mol. The van der Waals surface area contributed by atoms with Crippen molar-refractivity contribution in [1.29, 1.82) is 0 Å². The molecule has 0 spiro atoms. The molecule has 2 aromatic heterocycles. The zero-order chi connectivity index (χ0) is 23.9.